The largest absolute Gasteiger partial charge is 0.309 e. The molecule has 0 saturated carbocycles. The Bertz CT molecular complexity index is 3290. The molecule has 0 aliphatic heterocycles. The molecule has 0 fully saturated rings. The number of fused-ring (bicyclic) bond motifs is 6. The summed E-state index contributed by atoms with van der Waals surface area (Å²) >= 11 is 0. The van der Waals surface area contributed by atoms with E-state index in [1.807, 2.05) is 0 Å². The van der Waals surface area contributed by atoms with Gasteiger partial charge in [-0.2, -0.15) is 0 Å². The van der Waals surface area contributed by atoms with Crippen molar-refractivity contribution < 1.29 is 0 Å². The highest BCUT2D eigenvalue weighted by Gasteiger charge is 2.21. The van der Waals surface area contributed by atoms with E-state index in [-0.39, 0.29) is 0 Å². The molecule has 11 aromatic rings. The van der Waals surface area contributed by atoms with Crippen LogP contribution in [0.2, 0.25) is 0 Å². The minimum atomic E-state index is 1.10. The summed E-state index contributed by atoms with van der Waals surface area (Å²) in [7, 11) is 0. The van der Waals surface area contributed by atoms with E-state index in [0.717, 1.165) is 28.3 Å². The maximum Gasteiger partial charge on any atom is 0.0547 e. The lowest BCUT2D eigenvalue weighted by Crippen LogP contribution is -2.12. The third-order valence-corrected chi connectivity index (χ3v) is 11.5. The molecule has 0 N–H and O–H groups in total. The van der Waals surface area contributed by atoms with Crippen molar-refractivity contribution in [2.45, 2.75) is 0 Å². The summed E-state index contributed by atoms with van der Waals surface area (Å²) in [6, 6.07) is 83.7. The van der Waals surface area contributed by atoms with Gasteiger partial charge in [0, 0.05) is 33.1 Å². The molecule has 0 radical (unpaired) electrons. The smallest absolute Gasteiger partial charge is 0.0547 e. The second kappa shape index (κ2) is 14.1. The lowest BCUT2D eigenvalue weighted by atomic mass is 9.95. The summed E-state index contributed by atoms with van der Waals surface area (Å²) in [6.07, 6.45) is 0. The van der Waals surface area contributed by atoms with Gasteiger partial charge in [0.2, 0.25) is 0 Å². The van der Waals surface area contributed by atoms with Crippen LogP contribution in [0, 0.1) is 0 Å². The van der Waals surface area contributed by atoms with Crippen LogP contribution in [0.3, 0.4) is 0 Å². The Balaban J connectivity index is 1.10. The highest BCUT2D eigenvalue weighted by atomic mass is 15.1. The average Bonchev–Trinajstić information content (AvgIpc) is 3.65. The molecule has 2 nitrogen and oxygen atoms in total. The fourth-order valence-corrected chi connectivity index (χ4v) is 8.96. The van der Waals surface area contributed by atoms with Crippen LogP contribution in [0.1, 0.15) is 0 Å². The van der Waals surface area contributed by atoms with Crippen LogP contribution in [0.5, 0.6) is 0 Å². The first-order chi connectivity index (χ1) is 28.8. The molecule has 0 amide bonds. The fourth-order valence-electron chi connectivity index (χ4n) is 8.96. The molecular formula is C56H38N2. The van der Waals surface area contributed by atoms with Crippen molar-refractivity contribution in [3.63, 3.8) is 0 Å². The first kappa shape index (κ1) is 33.6. The van der Waals surface area contributed by atoms with E-state index in [1.165, 1.54) is 71.2 Å². The van der Waals surface area contributed by atoms with E-state index in [9.17, 15) is 0 Å². The Kier molecular flexibility index (Phi) is 8.19. The zero-order chi connectivity index (χ0) is 38.4. The molecule has 0 bridgehead atoms. The van der Waals surface area contributed by atoms with Crippen LogP contribution in [0.15, 0.2) is 231 Å². The van der Waals surface area contributed by atoms with Crippen LogP contribution in [-0.2, 0) is 0 Å². The molecule has 11 rings (SSSR count). The van der Waals surface area contributed by atoms with Gasteiger partial charge in [-0.3, -0.25) is 0 Å². The SMILES string of the molecule is c1ccc(-c2ccccc2N(c2cccc(-c3cccc(-c4cccc5c4c4ccccc4n5-c4ccccc4)c3)c2)c2cc3ccccc3c3ccccc23)cc1. The van der Waals surface area contributed by atoms with Crippen molar-refractivity contribution in [3.05, 3.63) is 231 Å². The molecule has 1 aromatic heterocycles. The highest BCUT2D eigenvalue weighted by molar-refractivity contribution is 6.17. The van der Waals surface area contributed by atoms with Crippen molar-refractivity contribution in [3.8, 4) is 39.1 Å². The predicted molar refractivity (Wildman–Crippen MR) is 247 cm³/mol. The number of nitrogens with zero attached hydrogens (tertiary/aromatic N) is 2. The standard InChI is InChI=1S/C56H38N2/c1-3-18-39(19-4-1)47-28-11-13-33-52(47)58(55-38-43-20-7-8-27-46(43)49-29-9-10-30-50(49)55)45-26-16-22-41(37-45)40-21-15-23-42(36-40)48-32-17-35-54-56(48)51-31-12-14-34-53(51)57(54)44-24-5-2-6-25-44/h1-38H. The van der Waals surface area contributed by atoms with Crippen molar-refractivity contribution >= 4 is 60.4 Å². The van der Waals surface area contributed by atoms with Gasteiger partial charge in [-0.25, -0.2) is 0 Å². The Morgan fingerprint density at radius 1 is 0.310 bits per heavy atom. The maximum atomic E-state index is 2.46. The Hall–Kier alpha value is -7.68. The van der Waals surface area contributed by atoms with E-state index in [2.05, 4.69) is 240 Å². The summed E-state index contributed by atoms with van der Waals surface area (Å²) < 4.78 is 2.39. The van der Waals surface area contributed by atoms with Crippen molar-refractivity contribution in [2.75, 3.05) is 4.90 Å². The molecule has 272 valence electrons. The summed E-state index contributed by atoms with van der Waals surface area (Å²) in [5, 5.41) is 7.43. The maximum absolute atomic E-state index is 2.46. The third-order valence-electron chi connectivity index (χ3n) is 11.5. The topological polar surface area (TPSA) is 8.17 Å². The Morgan fingerprint density at radius 3 is 1.72 bits per heavy atom. The number of para-hydroxylation sites is 3. The minimum Gasteiger partial charge on any atom is -0.309 e. The third kappa shape index (κ3) is 5.66. The predicted octanol–water partition coefficient (Wildman–Crippen LogP) is 15.6. The van der Waals surface area contributed by atoms with Crippen LogP contribution in [0.25, 0.3) is 82.4 Å². The molecule has 0 aliphatic carbocycles. The molecule has 58 heavy (non-hydrogen) atoms. The Labute approximate surface area is 338 Å². The number of aromatic nitrogens is 1. The Morgan fingerprint density at radius 2 is 0.879 bits per heavy atom. The summed E-state index contributed by atoms with van der Waals surface area (Å²) in [5.74, 6) is 0. The summed E-state index contributed by atoms with van der Waals surface area (Å²) in [5.41, 5.74) is 14.0. The fraction of sp³-hybridized carbons (Fsp3) is 0. The molecule has 0 spiro atoms. The van der Waals surface area contributed by atoms with Crippen LogP contribution >= 0.6 is 0 Å². The lowest BCUT2D eigenvalue weighted by molar-refractivity contribution is 1.18. The van der Waals surface area contributed by atoms with Gasteiger partial charge in [0.25, 0.3) is 0 Å². The highest BCUT2D eigenvalue weighted by Crippen LogP contribution is 2.46. The normalized spacial score (nSPS) is 11.4. The first-order valence-corrected chi connectivity index (χ1v) is 19.9. The molecule has 1 heterocycles. The van der Waals surface area contributed by atoms with Gasteiger partial charge in [-0.15, -0.1) is 0 Å². The van der Waals surface area contributed by atoms with Gasteiger partial charge >= 0.3 is 0 Å². The molecule has 2 heteroatoms. The van der Waals surface area contributed by atoms with E-state index >= 15 is 0 Å². The van der Waals surface area contributed by atoms with Crippen molar-refractivity contribution in [1.29, 1.82) is 0 Å². The van der Waals surface area contributed by atoms with Gasteiger partial charge in [0.15, 0.2) is 0 Å². The van der Waals surface area contributed by atoms with Gasteiger partial charge < -0.3 is 9.47 Å². The zero-order valence-corrected chi connectivity index (χ0v) is 31.8. The van der Waals surface area contributed by atoms with Crippen molar-refractivity contribution in [2.24, 2.45) is 0 Å². The summed E-state index contributed by atoms with van der Waals surface area (Å²) in [4.78, 5) is 2.46. The number of rotatable bonds is 7. The van der Waals surface area contributed by atoms with Gasteiger partial charge in [-0.1, -0.05) is 176 Å². The molecular weight excluding hydrogens is 701 g/mol. The van der Waals surface area contributed by atoms with Crippen LogP contribution < -0.4 is 4.90 Å². The molecule has 0 aliphatic rings. The minimum absolute atomic E-state index is 1.10. The van der Waals surface area contributed by atoms with Gasteiger partial charge in [0.1, 0.15) is 0 Å². The second-order valence-corrected chi connectivity index (χ2v) is 14.9. The number of hydrogen-bond donors (Lipinski definition) is 0. The molecule has 10 aromatic carbocycles. The van der Waals surface area contributed by atoms with Crippen molar-refractivity contribution in [1.82, 2.24) is 4.57 Å². The number of benzene rings is 10. The molecule has 0 atom stereocenters. The van der Waals surface area contributed by atoms with Gasteiger partial charge in [0.05, 0.1) is 22.4 Å². The second-order valence-electron chi connectivity index (χ2n) is 14.9. The van der Waals surface area contributed by atoms with E-state index in [1.54, 1.807) is 0 Å². The number of anilines is 3. The average molecular weight is 739 g/mol. The van der Waals surface area contributed by atoms with Crippen LogP contribution in [-0.4, -0.2) is 4.57 Å². The summed E-state index contributed by atoms with van der Waals surface area (Å²) in [6.45, 7) is 0. The molecule has 0 unspecified atom stereocenters. The number of hydrogen-bond acceptors (Lipinski definition) is 1. The van der Waals surface area contributed by atoms with Gasteiger partial charge in [-0.05, 0) is 98.6 Å². The van der Waals surface area contributed by atoms with E-state index in [0.29, 0.717) is 0 Å². The first-order valence-electron chi connectivity index (χ1n) is 19.9. The van der Waals surface area contributed by atoms with Crippen LogP contribution in [0.4, 0.5) is 17.1 Å². The lowest BCUT2D eigenvalue weighted by Gasteiger charge is -2.30. The van der Waals surface area contributed by atoms with E-state index in [4.69, 9.17) is 0 Å². The molecule has 0 saturated heterocycles. The quantitative estimate of drug-likeness (QED) is 0.148. The monoisotopic (exact) mass is 738 g/mol. The van der Waals surface area contributed by atoms with E-state index < -0.39 is 0 Å². The zero-order valence-electron chi connectivity index (χ0n) is 31.8.